The minimum atomic E-state index is -0.672. The summed E-state index contributed by atoms with van der Waals surface area (Å²) in [6.45, 7) is 13.8. The molecule has 3 N–H and O–H groups in total. The lowest BCUT2D eigenvalue weighted by Crippen LogP contribution is -2.21. The third kappa shape index (κ3) is 6.54. The number of benzene rings is 1. The summed E-state index contributed by atoms with van der Waals surface area (Å²) in [5, 5.41) is 12.3. The lowest BCUT2D eigenvalue weighted by Gasteiger charge is -2.21. The van der Waals surface area contributed by atoms with Crippen molar-refractivity contribution in [2.75, 3.05) is 29.1 Å². The molecule has 3 aromatic rings. The van der Waals surface area contributed by atoms with Crippen LogP contribution in [0.4, 0.5) is 10.7 Å². The van der Waals surface area contributed by atoms with Crippen molar-refractivity contribution in [2.24, 2.45) is 5.73 Å². The number of carbonyl (C=O) groups excluding carboxylic acids is 3. The second-order valence-electron chi connectivity index (χ2n) is 8.69. The molecule has 2 amide bonds. The Morgan fingerprint density at radius 1 is 1.13 bits per heavy atom. The Bertz CT molecular complexity index is 1300. The average molecular weight is 559 g/mol. The zero-order chi connectivity index (χ0) is 28.0. The van der Waals surface area contributed by atoms with E-state index in [0.29, 0.717) is 17.3 Å². The number of ether oxygens (including phenoxy) is 1. The molecule has 2 aromatic heterocycles. The molecule has 0 saturated heterocycles. The van der Waals surface area contributed by atoms with Crippen LogP contribution in [0.25, 0.3) is 11.4 Å². The first-order valence-corrected chi connectivity index (χ1v) is 14.3. The molecule has 3 rings (SSSR count). The quantitative estimate of drug-likeness (QED) is 0.244. The maximum atomic E-state index is 12.9. The van der Waals surface area contributed by atoms with Crippen LogP contribution in [0.2, 0.25) is 0 Å². The molecule has 0 fully saturated rings. The number of nitrogens with two attached hydrogens (primary N) is 1. The molecular weight excluding hydrogens is 524 g/mol. The highest BCUT2D eigenvalue weighted by molar-refractivity contribution is 7.99. The molecule has 204 valence electrons. The number of nitrogens with zero attached hydrogens (tertiary/aromatic N) is 4. The molecule has 38 heavy (non-hydrogen) atoms. The van der Waals surface area contributed by atoms with Gasteiger partial charge in [0.05, 0.1) is 22.3 Å². The van der Waals surface area contributed by atoms with Gasteiger partial charge in [0, 0.05) is 30.9 Å². The number of primary amides is 1. The van der Waals surface area contributed by atoms with Gasteiger partial charge >= 0.3 is 5.97 Å². The second kappa shape index (κ2) is 12.9. The molecule has 0 aliphatic carbocycles. The van der Waals surface area contributed by atoms with Gasteiger partial charge in [-0.25, -0.2) is 4.79 Å². The summed E-state index contributed by atoms with van der Waals surface area (Å²) in [6.07, 6.45) is -0.360. The van der Waals surface area contributed by atoms with Crippen molar-refractivity contribution in [1.29, 1.82) is 0 Å². The van der Waals surface area contributed by atoms with E-state index in [1.165, 1.54) is 11.8 Å². The van der Waals surface area contributed by atoms with Gasteiger partial charge in [-0.3, -0.25) is 9.59 Å². The molecule has 0 bridgehead atoms. The van der Waals surface area contributed by atoms with Crippen molar-refractivity contribution in [3.63, 3.8) is 0 Å². The van der Waals surface area contributed by atoms with Crippen LogP contribution in [0, 0.1) is 6.92 Å². The van der Waals surface area contributed by atoms with Crippen LogP contribution < -0.4 is 16.0 Å². The number of carbonyl (C=O) groups is 3. The minimum absolute atomic E-state index is 0.0283. The third-order valence-corrected chi connectivity index (χ3v) is 7.98. The number of hydrogen-bond donors (Lipinski definition) is 2. The molecule has 10 nitrogen and oxygen atoms in total. The number of hydrogen-bond acceptors (Lipinski definition) is 9. The van der Waals surface area contributed by atoms with Crippen LogP contribution in [0.15, 0.2) is 29.4 Å². The van der Waals surface area contributed by atoms with Gasteiger partial charge in [-0.15, -0.1) is 21.5 Å². The first-order chi connectivity index (χ1) is 18.1. The van der Waals surface area contributed by atoms with Crippen molar-refractivity contribution < 1.29 is 19.1 Å². The van der Waals surface area contributed by atoms with Gasteiger partial charge < -0.3 is 25.3 Å². The molecule has 0 aliphatic rings. The van der Waals surface area contributed by atoms with Gasteiger partial charge in [0.25, 0.3) is 5.91 Å². The number of nitrogens with one attached hydrogen (secondary N) is 1. The molecule has 0 atom stereocenters. The van der Waals surface area contributed by atoms with E-state index in [4.69, 9.17) is 10.5 Å². The highest BCUT2D eigenvalue weighted by atomic mass is 32.2. The number of rotatable bonds is 12. The van der Waals surface area contributed by atoms with E-state index in [-0.39, 0.29) is 33.2 Å². The fraction of sp³-hybridized carbons (Fsp3) is 0.423. The van der Waals surface area contributed by atoms with Crippen molar-refractivity contribution in [3.8, 4) is 11.4 Å². The number of esters is 1. The van der Waals surface area contributed by atoms with Gasteiger partial charge in [0.15, 0.2) is 11.0 Å². The number of aromatic nitrogens is 3. The van der Waals surface area contributed by atoms with Crippen LogP contribution in [-0.2, 0) is 16.1 Å². The molecule has 0 saturated carbocycles. The summed E-state index contributed by atoms with van der Waals surface area (Å²) >= 11 is 2.20. The maximum absolute atomic E-state index is 12.9. The van der Waals surface area contributed by atoms with Gasteiger partial charge in [-0.05, 0) is 71.4 Å². The molecular formula is C26H34N6O4S2. The Labute approximate surface area is 230 Å². The van der Waals surface area contributed by atoms with Crippen molar-refractivity contribution in [2.45, 2.75) is 59.3 Å². The average Bonchev–Trinajstić information content (AvgIpc) is 3.43. The third-order valence-electron chi connectivity index (χ3n) is 5.79. The Morgan fingerprint density at radius 3 is 2.34 bits per heavy atom. The minimum Gasteiger partial charge on any atom is -0.459 e. The zero-order valence-electron chi connectivity index (χ0n) is 22.5. The Morgan fingerprint density at radius 2 is 1.79 bits per heavy atom. The predicted octanol–water partition coefficient (Wildman–Crippen LogP) is 4.58. The van der Waals surface area contributed by atoms with E-state index in [1.807, 2.05) is 23.6 Å². The van der Waals surface area contributed by atoms with Crippen molar-refractivity contribution in [1.82, 2.24) is 14.8 Å². The van der Waals surface area contributed by atoms with E-state index < -0.39 is 11.9 Å². The SMILES string of the molecule is CCN(CC)c1ccc(-c2nnc(SCC(=O)Nc3sc(C(N)=O)c(C)c3C(=O)OC(C)C)n2CC)cc1. The fourth-order valence-electron chi connectivity index (χ4n) is 3.95. The number of anilines is 2. The Hall–Kier alpha value is -3.38. The van der Waals surface area contributed by atoms with E-state index in [0.717, 1.165) is 41.5 Å². The van der Waals surface area contributed by atoms with E-state index >= 15 is 0 Å². The van der Waals surface area contributed by atoms with Gasteiger partial charge in [0.1, 0.15) is 5.00 Å². The first kappa shape index (κ1) is 29.2. The normalized spacial score (nSPS) is 11.0. The zero-order valence-corrected chi connectivity index (χ0v) is 24.2. The maximum Gasteiger partial charge on any atom is 0.341 e. The van der Waals surface area contributed by atoms with Crippen LogP contribution in [0.3, 0.4) is 0 Å². The Balaban J connectivity index is 1.75. The highest BCUT2D eigenvalue weighted by Gasteiger charge is 2.26. The summed E-state index contributed by atoms with van der Waals surface area (Å²) in [5.74, 6) is -0.899. The van der Waals surface area contributed by atoms with Crippen LogP contribution >= 0.6 is 23.1 Å². The first-order valence-electron chi connectivity index (χ1n) is 12.5. The van der Waals surface area contributed by atoms with Gasteiger partial charge in [-0.1, -0.05) is 11.8 Å². The largest absolute Gasteiger partial charge is 0.459 e. The summed E-state index contributed by atoms with van der Waals surface area (Å²) in [5.41, 5.74) is 8.08. The summed E-state index contributed by atoms with van der Waals surface area (Å²) in [6, 6.07) is 8.20. The lowest BCUT2D eigenvalue weighted by atomic mass is 10.1. The molecule has 1 aromatic carbocycles. The summed E-state index contributed by atoms with van der Waals surface area (Å²) < 4.78 is 7.26. The van der Waals surface area contributed by atoms with Crippen LogP contribution in [0.1, 0.15) is 60.2 Å². The van der Waals surface area contributed by atoms with E-state index in [2.05, 4.69) is 46.4 Å². The van der Waals surface area contributed by atoms with Gasteiger partial charge in [0.2, 0.25) is 5.91 Å². The predicted molar refractivity (Wildman–Crippen MR) is 152 cm³/mol. The molecule has 12 heteroatoms. The lowest BCUT2D eigenvalue weighted by molar-refractivity contribution is -0.113. The summed E-state index contributed by atoms with van der Waals surface area (Å²) in [4.78, 5) is 39.8. The van der Waals surface area contributed by atoms with Crippen molar-refractivity contribution in [3.05, 3.63) is 40.3 Å². The number of thioether (sulfide) groups is 1. The molecule has 0 spiro atoms. The second-order valence-corrected chi connectivity index (χ2v) is 10.6. The van der Waals surface area contributed by atoms with Gasteiger partial charge in [-0.2, -0.15) is 0 Å². The molecule has 0 aliphatic heterocycles. The summed E-state index contributed by atoms with van der Waals surface area (Å²) in [7, 11) is 0. The Kier molecular flexibility index (Phi) is 9.92. The molecule has 0 unspecified atom stereocenters. The van der Waals surface area contributed by atoms with Crippen LogP contribution in [0.5, 0.6) is 0 Å². The smallest absolute Gasteiger partial charge is 0.341 e. The highest BCUT2D eigenvalue weighted by Crippen LogP contribution is 2.34. The number of thiophene rings is 1. The van der Waals surface area contributed by atoms with Crippen LogP contribution in [-0.4, -0.2) is 57.5 Å². The number of amides is 2. The van der Waals surface area contributed by atoms with E-state index in [9.17, 15) is 14.4 Å². The molecule has 2 heterocycles. The van der Waals surface area contributed by atoms with Crippen molar-refractivity contribution >= 4 is 51.6 Å². The monoisotopic (exact) mass is 558 g/mol. The standard InChI is InChI=1S/C26H34N6O4S2/c1-7-31(8-2)18-12-10-17(11-13-18)23-29-30-26(32(23)9-3)37-14-19(33)28-24-20(25(35)36-15(4)5)16(6)21(38-24)22(27)34/h10-13,15H,7-9,14H2,1-6H3,(H2,27,34)(H,28,33). The van der Waals surface area contributed by atoms with E-state index in [1.54, 1.807) is 20.8 Å². The topological polar surface area (TPSA) is 132 Å². The fourth-order valence-corrected chi connectivity index (χ4v) is 5.82. The molecule has 0 radical (unpaired) electrons.